The number of rotatable bonds is 5. The molecule has 0 spiro atoms. The SMILES string of the molecule is O=C(Cc1cccc(NC(=O)c2cccnc2)c1)Nc1ncn2c(C(F)(F)F)csc12. The van der Waals surface area contributed by atoms with Crippen molar-refractivity contribution in [2.75, 3.05) is 10.6 Å². The van der Waals surface area contributed by atoms with E-state index in [0.717, 1.165) is 27.4 Å². The van der Waals surface area contributed by atoms with E-state index in [2.05, 4.69) is 20.6 Å². The average molecular weight is 445 g/mol. The van der Waals surface area contributed by atoms with Gasteiger partial charge in [0.05, 0.1) is 12.0 Å². The summed E-state index contributed by atoms with van der Waals surface area (Å²) >= 11 is 0.843. The summed E-state index contributed by atoms with van der Waals surface area (Å²) in [7, 11) is 0. The molecule has 2 N–H and O–H groups in total. The number of nitrogens with zero attached hydrogens (tertiary/aromatic N) is 3. The maximum Gasteiger partial charge on any atom is 0.432 e. The number of fused-ring (bicyclic) bond motifs is 1. The first-order valence-corrected chi connectivity index (χ1v) is 9.81. The zero-order valence-corrected chi connectivity index (χ0v) is 16.5. The maximum atomic E-state index is 13.0. The number of hydrogen-bond donors (Lipinski definition) is 2. The van der Waals surface area contributed by atoms with E-state index in [1.165, 1.54) is 6.20 Å². The predicted molar refractivity (Wildman–Crippen MR) is 109 cm³/mol. The normalized spacial score (nSPS) is 11.5. The van der Waals surface area contributed by atoms with Crippen molar-refractivity contribution in [3.8, 4) is 0 Å². The number of aromatic nitrogens is 3. The number of carbonyl (C=O) groups excluding carboxylic acids is 2. The zero-order chi connectivity index (χ0) is 22.0. The lowest BCUT2D eigenvalue weighted by molar-refractivity contribution is -0.141. The van der Waals surface area contributed by atoms with Gasteiger partial charge < -0.3 is 10.6 Å². The highest BCUT2D eigenvalue weighted by Crippen LogP contribution is 2.35. The lowest BCUT2D eigenvalue weighted by Gasteiger charge is -2.07. The molecule has 0 aliphatic heterocycles. The summed E-state index contributed by atoms with van der Waals surface area (Å²) in [6.07, 6.45) is -0.538. The Bertz CT molecular complexity index is 1250. The summed E-state index contributed by atoms with van der Waals surface area (Å²) in [5.74, 6) is -0.724. The average Bonchev–Trinajstić information content (AvgIpc) is 3.31. The number of amides is 2. The molecule has 1 aromatic carbocycles. The first-order chi connectivity index (χ1) is 14.8. The molecule has 0 aliphatic rings. The van der Waals surface area contributed by atoms with Gasteiger partial charge in [-0.3, -0.25) is 19.0 Å². The number of carbonyl (C=O) groups is 2. The van der Waals surface area contributed by atoms with Crippen molar-refractivity contribution in [2.24, 2.45) is 0 Å². The third-order valence-corrected chi connectivity index (χ3v) is 5.24. The van der Waals surface area contributed by atoms with Crippen LogP contribution >= 0.6 is 11.3 Å². The molecule has 0 radical (unpaired) electrons. The van der Waals surface area contributed by atoms with Gasteiger partial charge in [-0.05, 0) is 29.8 Å². The molecular weight excluding hydrogens is 431 g/mol. The zero-order valence-electron chi connectivity index (χ0n) is 15.7. The van der Waals surface area contributed by atoms with Gasteiger partial charge in [0.25, 0.3) is 5.91 Å². The fourth-order valence-corrected chi connectivity index (χ4v) is 3.84. The van der Waals surface area contributed by atoms with E-state index in [0.29, 0.717) is 16.8 Å². The second-order valence-corrected chi connectivity index (χ2v) is 7.37. The van der Waals surface area contributed by atoms with E-state index < -0.39 is 17.8 Å². The summed E-state index contributed by atoms with van der Waals surface area (Å²) < 4.78 is 39.9. The Balaban J connectivity index is 1.44. The topological polar surface area (TPSA) is 88.4 Å². The summed E-state index contributed by atoms with van der Waals surface area (Å²) in [5.41, 5.74) is 0.650. The van der Waals surface area contributed by atoms with Crippen molar-refractivity contribution in [3.63, 3.8) is 0 Å². The molecule has 0 atom stereocenters. The Morgan fingerprint density at radius 1 is 1.13 bits per heavy atom. The van der Waals surface area contributed by atoms with Gasteiger partial charge in [0.1, 0.15) is 16.9 Å². The van der Waals surface area contributed by atoms with Crippen molar-refractivity contribution in [3.05, 3.63) is 77.3 Å². The number of nitrogens with one attached hydrogen (secondary N) is 2. The molecule has 158 valence electrons. The molecule has 4 rings (SSSR count). The summed E-state index contributed by atoms with van der Waals surface area (Å²) in [5, 5.41) is 6.24. The lowest BCUT2D eigenvalue weighted by atomic mass is 10.1. The molecule has 11 heteroatoms. The van der Waals surface area contributed by atoms with Gasteiger partial charge in [-0.1, -0.05) is 12.1 Å². The van der Waals surface area contributed by atoms with E-state index in [-0.39, 0.29) is 23.0 Å². The number of imidazole rings is 1. The van der Waals surface area contributed by atoms with E-state index in [1.807, 2.05) is 0 Å². The molecule has 2 amide bonds. The van der Waals surface area contributed by atoms with Gasteiger partial charge >= 0.3 is 6.18 Å². The number of anilines is 2. The fraction of sp³-hybridized carbons (Fsp3) is 0.100. The molecule has 0 aliphatic carbocycles. The van der Waals surface area contributed by atoms with Crippen LogP contribution in [0.1, 0.15) is 21.6 Å². The van der Waals surface area contributed by atoms with Crippen LogP contribution in [0.25, 0.3) is 4.83 Å². The molecule has 0 unspecified atom stereocenters. The van der Waals surface area contributed by atoms with Crippen LogP contribution in [-0.4, -0.2) is 26.2 Å². The molecular formula is C20H14F3N5O2S. The highest BCUT2D eigenvalue weighted by molar-refractivity contribution is 7.16. The van der Waals surface area contributed by atoms with Crippen LogP contribution < -0.4 is 10.6 Å². The third-order valence-electron chi connectivity index (χ3n) is 4.29. The molecule has 0 saturated heterocycles. The van der Waals surface area contributed by atoms with Gasteiger partial charge in [-0.25, -0.2) is 4.98 Å². The Morgan fingerprint density at radius 2 is 1.97 bits per heavy atom. The van der Waals surface area contributed by atoms with Crippen molar-refractivity contribution >= 4 is 39.5 Å². The quantitative estimate of drug-likeness (QED) is 0.481. The van der Waals surface area contributed by atoms with E-state index in [9.17, 15) is 22.8 Å². The fourth-order valence-electron chi connectivity index (χ4n) is 2.90. The van der Waals surface area contributed by atoms with Gasteiger partial charge in [-0.15, -0.1) is 11.3 Å². The van der Waals surface area contributed by atoms with Crippen molar-refractivity contribution in [2.45, 2.75) is 12.6 Å². The Hall–Kier alpha value is -3.73. The van der Waals surface area contributed by atoms with E-state index in [1.54, 1.807) is 42.6 Å². The number of hydrogen-bond acceptors (Lipinski definition) is 5. The highest BCUT2D eigenvalue weighted by Gasteiger charge is 2.35. The third kappa shape index (κ3) is 4.56. The van der Waals surface area contributed by atoms with Crippen LogP contribution in [0.2, 0.25) is 0 Å². The molecule has 31 heavy (non-hydrogen) atoms. The van der Waals surface area contributed by atoms with E-state index >= 15 is 0 Å². The van der Waals surface area contributed by atoms with Crippen LogP contribution in [0.5, 0.6) is 0 Å². The number of halogens is 3. The van der Waals surface area contributed by atoms with Crippen LogP contribution in [0.4, 0.5) is 24.7 Å². The van der Waals surface area contributed by atoms with Gasteiger partial charge in [-0.2, -0.15) is 13.2 Å². The van der Waals surface area contributed by atoms with Crippen LogP contribution in [0.15, 0.2) is 60.5 Å². The lowest BCUT2D eigenvalue weighted by Crippen LogP contribution is -2.15. The molecule has 3 heterocycles. The molecule has 0 fully saturated rings. The van der Waals surface area contributed by atoms with Gasteiger partial charge in [0, 0.05) is 23.5 Å². The smallest absolute Gasteiger partial charge is 0.322 e. The summed E-state index contributed by atoms with van der Waals surface area (Å²) in [6, 6.07) is 9.98. The minimum atomic E-state index is -4.51. The van der Waals surface area contributed by atoms with Crippen molar-refractivity contribution in [1.82, 2.24) is 14.4 Å². The second-order valence-electron chi connectivity index (χ2n) is 6.51. The van der Waals surface area contributed by atoms with Crippen LogP contribution in [0, 0.1) is 0 Å². The second kappa shape index (κ2) is 8.19. The number of thiazole rings is 1. The van der Waals surface area contributed by atoms with Crippen LogP contribution in [0.3, 0.4) is 0 Å². The molecule has 7 nitrogen and oxygen atoms in total. The maximum absolute atomic E-state index is 13.0. The molecule has 0 saturated carbocycles. The molecule has 3 aromatic heterocycles. The van der Waals surface area contributed by atoms with Crippen molar-refractivity contribution < 1.29 is 22.8 Å². The number of benzene rings is 1. The Morgan fingerprint density at radius 3 is 2.71 bits per heavy atom. The Kier molecular flexibility index (Phi) is 5.42. The summed E-state index contributed by atoms with van der Waals surface area (Å²) in [4.78, 5) is 32.6. The largest absolute Gasteiger partial charge is 0.432 e. The van der Waals surface area contributed by atoms with Crippen molar-refractivity contribution in [1.29, 1.82) is 0 Å². The first kappa shape index (κ1) is 20.5. The monoisotopic (exact) mass is 445 g/mol. The minimum absolute atomic E-state index is 0.0485. The minimum Gasteiger partial charge on any atom is -0.322 e. The molecule has 4 aromatic rings. The summed E-state index contributed by atoms with van der Waals surface area (Å²) in [6.45, 7) is 0. The van der Waals surface area contributed by atoms with E-state index in [4.69, 9.17) is 0 Å². The highest BCUT2D eigenvalue weighted by atomic mass is 32.1. The van der Waals surface area contributed by atoms with Gasteiger partial charge in [0.2, 0.25) is 5.91 Å². The number of pyridine rings is 1. The predicted octanol–water partition coefficient (Wildman–Crippen LogP) is 4.24. The standard InChI is InChI=1S/C20H14F3N5O2S/c21-20(22,23)15-10-31-19-17(25-11-28(15)19)27-16(29)8-12-3-1-5-14(7-12)26-18(30)13-4-2-6-24-9-13/h1-7,9-11H,8H2,(H,26,30)(H,27,29). The van der Waals surface area contributed by atoms with Gasteiger partial charge in [0.15, 0.2) is 5.82 Å². The molecule has 0 bridgehead atoms. The Labute approximate surface area is 177 Å². The van der Waals surface area contributed by atoms with Crippen LogP contribution in [-0.2, 0) is 17.4 Å². The number of alkyl halides is 3. The first-order valence-electron chi connectivity index (χ1n) is 8.93.